The Morgan fingerprint density at radius 1 is 1.35 bits per heavy atom. The summed E-state index contributed by atoms with van der Waals surface area (Å²) in [7, 11) is 1.50. The summed E-state index contributed by atoms with van der Waals surface area (Å²) in [5.74, 6) is 0.512. The van der Waals surface area contributed by atoms with E-state index in [1.807, 2.05) is 0 Å². The van der Waals surface area contributed by atoms with Gasteiger partial charge in [0.1, 0.15) is 18.1 Å². The molecule has 0 aliphatic rings. The van der Waals surface area contributed by atoms with Crippen LogP contribution in [-0.2, 0) is 16.1 Å². The molecule has 2 rings (SSSR count). The van der Waals surface area contributed by atoms with Crippen molar-refractivity contribution >= 4 is 29.1 Å². The van der Waals surface area contributed by atoms with Gasteiger partial charge in [-0.05, 0) is 30.3 Å². The summed E-state index contributed by atoms with van der Waals surface area (Å²) in [6.45, 7) is 1.52. The van der Waals surface area contributed by atoms with Crippen LogP contribution in [0.2, 0.25) is 5.02 Å². The third kappa shape index (κ3) is 4.75. The van der Waals surface area contributed by atoms with Gasteiger partial charge in [0.2, 0.25) is 11.8 Å². The van der Waals surface area contributed by atoms with Crippen LogP contribution in [-0.4, -0.2) is 30.4 Å². The van der Waals surface area contributed by atoms with E-state index in [2.05, 4.69) is 5.32 Å². The Kier molecular flexibility index (Phi) is 5.65. The molecule has 0 saturated carbocycles. The van der Waals surface area contributed by atoms with Gasteiger partial charge in [-0.2, -0.15) is 0 Å². The highest BCUT2D eigenvalue weighted by Gasteiger charge is 2.16. The molecule has 2 aromatic rings. The largest absolute Gasteiger partial charge is 0.495 e. The van der Waals surface area contributed by atoms with Gasteiger partial charge in [0.15, 0.2) is 0 Å². The van der Waals surface area contributed by atoms with Crippen LogP contribution >= 0.6 is 11.6 Å². The van der Waals surface area contributed by atoms with Crippen LogP contribution in [0.15, 0.2) is 41.0 Å². The van der Waals surface area contributed by atoms with Crippen molar-refractivity contribution in [2.24, 2.45) is 0 Å². The number of benzene rings is 1. The minimum absolute atomic E-state index is 0.105. The topological polar surface area (TPSA) is 71.8 Å². The Bertz CT molecular complexity index is 685. The maximum atomic E-state index is 12.2. The molecule has 0 fully saturated rings. The fourth-order valence-corrected chi connectivity index (χ4v) is 2.18. The molecule has 1 heterocycles. The summed E-state index contributed by atoms with van der Waals surface area (Å²) in [5.41, 5.74) is 0.450. The number of furan rings is 1. The Morgan fingerprint density at radius 3 is 2.74 bits per heavy atom. The second kappa shape index (κ2) is 7.69. The molecule has 0 atom stereocenters. The van der Waals surface area contributed by atoms with Crippen LogP contribution in [0.5, 0.6) is 5.75 Å². The van der Waals surface area contributed by atoms with Crippen LogP contribution in [0.25, 0.3) is 0 Å². The van der Waals surface area contributed by atoms with Crippen molar-refractivity contribution in [3.63, 3.8) is 0 Å². The summed E-state index contributed by atoms with van der Waals surface area (Å²) in [5, 5.41) is 3.17. The molecule has 0 radical (unpaired) electrons. The third-order valence-electron chi connectivity index (χ3n) is 3.14. The van der Waals surface area contributed by atoms with E-state index in [0.717, 1.165) is 0 Å². The van der Waals surface area contributed by atoms with Crippen molar-refractivity contribution in [2.75, 3.05) is 19.0 Å². The normalized spacial score (nSPS) is 10.2. The Hall–Kier alpha value is -2.47. The van der Waals surface area contributed by atoms with Crippen LogP contribution < -0.4 is 10.1 Å². The van der Waals surface area contributed by atoms with Crippen LogP contribution in [0.1, 0.15) is 12.7 Å². The lowest BCUT2D eigenvalue weighted by Crippen LogP contribution is -2.36. The van der Waals surface area contributed by atoms with Gasteiger partial charge < -0.3 is 19.4 Å². The fourth-order valence-electron chi connectivity index (χ4n) is 2.01. The van der Waals surface area contributed by atoms with Crippen LogP contribution in [0.4, 0.5) is 5.69 Å². The van der Waals surface area contributed by atoms with Crippen molar-refractivity contribution in [3.05, 3.63) is 47.4 Å². The first-order chi connectivity index (χ1) is 11.0. The van der Waals surface area contributed by atoms with E-state index >= 15 is 0 Å². The molecule has 2 amide bonds. The van der Waals surface area contributed by atoms with E-state index < -0.39 is 0 Å². The zero-order valence-electron chi connectivity index (χ0n) is 12.8. The minimum atomic E-state index is -0.354. The maximum absolute atomic E-state index is 12.2. The number of anilines is 1. The first-order valence-electron chi connectivity index (χ1n) is 6.91. The Balaban J connectivity index is 2.04. The molecule has 122 valence electrons. The standard InChI is InChI=1S/C16H17ClN2O4/c1-11(20)19(9-13-4-3-7-23-13)10-16(21)18-14-8-12(17)5-6-15(14)22-2/h3-8H,9-10H2,1-2H3,(H,18,21). The number of hydrogen-bond donors (Lipinski definition) is 1. The zero-order chi connectivity index (χ0) is 16.8. The van der Waals surface area contributed by atoms with Crippen LogP contribution in [0, 0.1) is 0 Å². The highest BCUT2D eigenvalue weighted by Crippen LogP contribution is 2.27. The average Bonchev–Trinajstić information content (AvgIpc) is 2.99. The van der Waals surface area contributed by atoms with E-state index in [9.17, 15) is 9.59 Å². The number of carbonyl (C=O) groups is 2. The predicted octanol–water partition coefficient (Wildman–Crippen LogP) is 2.93. The van der Waals surface area contributed by atoms with Gasteiger partial charge >= 0.3 is 0 Å². The maximum Gasteiger partial charge on any atom is 0.244 e. The molecule has 6 nitrogen and oxygen atoms in total. The summed E-state index contributed by atoms with van der Waals surface area (Å²) in [6.07, 6.45) is 1.52. The highest BCUT2D eigenvalue weighted by atomic mass is 35.5. The predicted molar refractivity (Wildman–Crippen MR) is 86.4 cm³/mol. The molecule has 0 saturated heterocycles. The Morgan fingerprint density at radius 2 is 2.13 bits per heavy atom. The zero-order valence-corrected chi connectivity index (χ0v) is 13.6. The molecule has 7 heteroatoms. The van der Waals surface area contributed by atoms with Gasteiger partial charge in [-0.15, -0.1) is 0 Å². The van der Waals surface area contributed by atoms with Gasteiger partial charge in [0, 0.05) is 11.9 Å². The van der Waals surface area contributed by atoms with Gasteiger partial charge in [-0.1, -0.05) is 11.6 Å². The molecule has 0 bridgehead atoms. The van der Waals surface area contributed by atoms with Crippen molar-refractivity contribution in [1.82, 2.24) is 4.90 Å². The molecule has 0 unspecified atom stereocenters. The third-order valence-corrected chi connectivity index (χ3v) is 3.38. The monoisotopic (exact) mass is 336 g/mol. The smallest absolute Gasteiger partial charge is 0.244 e. The van der Waals surface area contributed by atoms with E-state index in [0.29, 0.717) is 22.2 Å². The molecule has 23 heavy (non-hydrogen) atoms. The quantitative estimate of drug-likeness (QED) is 0.880. The van der Waals surface area contributed by atoms with Crippen molar-refractivity contribution in [2.45, 2.75) is 13.5 Å². The number of carbonyl (C=O) groups excluding carboxylic acids is 2. The molecule has 1 aromatic heterocycles. The molecular formula is C16H17ClN2O4. The summed E-state index contributed by atoms with van der Waals surface area (Å²) < 4.78 is 10.4. The summed E-state index contributed by atoms with van der Waals surface area (Å²) >= 11 is 5.92. The molecular weight excluding hydrogens is 320 g/mol. The number of nitrogens with one attached hydrogen (secondary N) is 1. The molecule has 0 aliphatic carbocycles. The number of amides is 2. The van der Waals surface area contributed by atoms with E-state index in [-0.39, 0.29) is 24.9 Å². The number of methoxy groups -OCH3 is 1. The van der Waals surface area contributed by atoms with Gasteiger partial charge in [-0.25, -0.2) is 0 Å². The van der Waals surface area contributed by atoms with Gasteiger partial charge in [0.05, 0.1) is 25.6 Å². The highest BCUT2D eigenvalue weighted by molar-refractivity contribution is 6.31. The lowest BCUT2D eigenvalue weighted by Gasteiger charge is -2.19. The van der Waals surface area contributed by atoms with Crippen LogP contribution in [0.3, 0.4) is 0 Å². The van der Waals surface area contributed by atoms with Crippen molar-refractivity contribution in [3.8, 4) is 5.75 Å². The van der Waals surface area contributed by atoms with Crippen molar-refractivity contribution in [1.29, 1.82) is 0 Å². The number of rotatable bonds is 6. The van der Waals surface area contributed by atoms with Gasteiger partial charge in [0.25, 0.3) is 0 Å². The lowest BCUT2D eigenvalue weighted by atomic mass is 10.3. The molecule has 0 spiro atoms. The lowest BCUT2D eigenvalue weighted by molar-refractivity contribution is -0.133. The van der Waals surface area contributed by atoms with E-state index in [4.69, 9.17) is 20.8 Å². The second-order valence-electron chi connectivity index (χ2n) is 4.85. The SMILES string of the molecule is COc1ccc(Cl)cc1NC(=O)CN(Cc1ccco1)C(C)=O. The first kappa shape index (κ1) is 16.9. The first-order valence-corrected chi connectivity index (χ1v) is 7.28. The Labute approximate surface area is 139 Å². The van der Waals surface area contributed by atoms with E-state index in [1.54, 1.807) is 30.3 Å². The fraction of sp³-hybridized carbons (Fsp3) is 0.250. The summed E-state index contributed by atoms with van der Waals surface area (Å²) in [4.78, 5) is 25.3. The number of hydrogen-bond acceptors (Lipinski definition) is 4. The molecule has 1 N–H and O–H groups in total. The van der Waals surface area contributed by atoms with Crippen molar-refractivity contribution < 1.29 is 18.7 Å². The van der Waals surface area contributed by atoms with Gasteiger partial charge in [-0.3, -0.25) is 9.59 Å². The molecule has 1 aromatic carbocycles. The van der Waals surface area contributed by atoms with E-state index in [1.165, 1.54) is 25.2 Å². The number of ether oxygens (including phenoxy) is 1. The molecule has 0 aliphatic heterocycles. The number of nitrogens with zero attached hydrogens (tertiary/aromatic N) is 1. The average molecular weight is 337 g/mol. The number of halogens is 1. The summed E-state index contributed by atoms with van der Waals surface area (Å²) in [6, 6.07) is 8.37. The minimum Gasteiger partial charge on any atom is -0.495 e. The second-order valence-corrected chi connectivity index (χ2v) is 5.28.